The lowest BCUT2D eigenvalue weighted by atomic mass is 10.0. The first-order chi connectivity index (χ1) is 11.6. The van der Waals surface area contributed by atoms with Crippen LogP contribution in [0.15, 0.2) is 30.3 Å². The summed E-state index contributed by atoms with van der Waals surface area (Å²) in [6.07, 6.45) is 2.91. The number of aliphatic hydroxyl groups is 1. The fourth-order valence-corrected chi connectivity index (χ4v) is 3.81. The standard InChI is InChI=1S/C19H20N2O3/c22-14-4-2-10-21(11-14)19(24)18(23)20-16-9-8-13-7-6-12-3-1-5-15(16)17(12)13/h1,3,5,8-9,14,22H,2,4,6-7,10-11H2,(H,20,23). The molecule has 0 saturated carbocycles. The third kappa shape index (κ3) is 2.55. The van der Waals surface area contributed by atoms with Crippen molar-refractivity contribution in [2.45, 2.75) is 31.8 Å². The highest BCUT2D eigenvalue weighted by Gasteiger charge is 2.27. The average Bonchev–Trinajstić information content (AvgIpc) is 3.01. The van der Waals surface area contributed by atoms with Gasteiger partial charge in [-0.05, 0) is 48.3 Å². The number of carbonyl (C=O) groups is 2. The number of rotatable bonds is 1. The molecule has 1 aliphatic heterocycles. The van der Waals surface area contributed by atoms with Crippen molar-refractivity contribution in [3.05, 3.63) is 41.5 Å². The van der Waals surface area contributed by atoms with E-state index in [4.69, 9.17) is 0 Å². The first-order valence-corrected chi connectivity index (χ1v) is 8.45. The lowest BCUT2D eigenvalue weighted by Gasteiger charge is -2.29. The zero-order valence-electron chi connectivity index (χ0n) is 13.4. The molecule has 1 heterocycles. The molecule has 2 N–H and O–H groups in total. The molecule has 0 radical (unpaired) electrons. The quantitative estimate of drug-likeness (QED) is 0.787. The predicted molar refractivity (Wildman–Crippen MR) is 91.8 cm³/mol. The predicted octanol–water partition coefficient (Wildman–Crippen LogP) is 1.86. The lowest BCUT2D eigenvalue weighted by Crippen LogP contribution is -2.46. The number of amides is 2. The van der Waals surface area contributed by atoms with Gasteiger partial charge in [0.05, 0.1) is 6.10 Å². The van der Waals surface area contributed by atoms with E-state index in [1.165, 1.54) is 21.4 Å². The molecule has 1 atom stereocenters. The topological polar surface area (TPSA) is 69.6 Å². The molecule has 1 unspecified atom stereocenters. The van der Waals surface area contributed by atoms with Gasteiger partial charge in [-0.25, -0.2) is 0 Å². The van der Waals surface area contributed by atoms with E-state index in [1.807, 2.05) is 24.3 Å². The van der Waals surface area contributed by atoms with E-state index in [-0.39, 0.29) is 6.54 Å². The molecule has 2 aromatic rings. The van der Waals surface area contributed by atoms with E-state index in [1.54, 1.807) is 0 Å². The maximum atomic E-state index is 12.4. The van der Waals surface area contributed by atoms with Gasteiger partial charge in [0.1, 0.15) is 0 Å². The van der Waals surface area contributed by atoms with Gasteiger partial charge >= 0.3 is 11.8 Å². The van der Waals surface area contributed by atoms with Gasteiger partial charge in [0, 0.05) is 24.2 Å². The maximum absolute atomic E-state index is 12.4. The SMILES string of the molecule is O=C(Nc1ccc2c3c(cccc13)CC2)C(=O)N1CCCC(O)C1. The van der Waals surface area contributed by atoms with Crippen LogP contribution in [0.4, 0.5) is 5.69 Å². The van der Waals surface area contributed by atoms with Crippen LogP contribution >= 0.6 is 0 Å². The summed E-state index contributed by atoms with van der Waals surface area (Å²) in [6, 6.07) is 10.0. The molecular weight excluding hydrogens is 304 g/mol. The van der Waals surface area contributed by atoms with Gasteiger partial charge in [-0.1, -0.05) is 24.3 Å². The number of aliphatic hydroxyl groups excluding tert-OH is 1. The summed E-state index contributed by atoms with van der Waals surface area (Å²) in [6.45, 7) is 0.753. The highest BCUT2D eigenvalue weighted by molar-refractivity contribution is 6.40. The van der Waals surface area contributed by atoms with Crippen LogP contribution in [0, 0.1) is 0 Å². The van der Waals surface area contributed by atoms with Crippen LogP contribution < -0.4 is 5.32 Å². The molecule has 0 aromatic heterocycles. The van der Waals surface area contributed by atoms with Gasteiger partial charge < -0.3 is 15.3 Å². The van der Waals surface area contributed by atoms with E-state index >= 15 is 0 Å². The number of piperidine rings is 1. The number of β-amino-alcohol motifs (C(OH)–C–C–N with tert-alkyl or cyclic N) is 1. The smallest absolute Gasteiger partial charge is 0.313 e. The Morgan fingerprint density at radius 2 is 1.92 bits per heavy atom. The van der Waals surface area contributed by atoms with Gasteiger partial charge in [0.25, 0.3) is 0 Å². The van der Waals surface area contributed by atoms with Gasteiger partial charge in [-0.2, -0.15) is 0 Å². The van der Waals surface area contributed by atoms with Crippen LogP contribution in [-0.2, 0) is 22.4 Å². The number of likely N-dealkylation sites (tertiary alicyclic amines) is 1. The normalized spacial score (nSPS) is 19.5. The number of anilines is 1. The van der Waals surface area contributed by atoms with Crippen LogP contribution in [0.2, 0.25) is 0 Å². The first kappa shape index (κ1) is 15.1. The van der Waals surface area contributed by atoms with E-state index < -0.39 is 17.9 Å². The Morgan fingerprint density at radius 1 is 1.12 bits per heavy atom. The Kier molecular flexibility index (Phi) is 3.73. The molecule has 1 aliphatic carbocycles. The fraction of sp³-hybridized carbons (Fsp3) is 0.368. The second kappa shape index (κ2) is 5.91. The van der Waals surface area contributed by atoms with E-state index in [0.29, 0.717) is 18.7 Å². The first-order valence-electron chi connectivity index (χ1n) is 8.45. The molecule has 24 heavy (non-hydrogen) atoms. The van der Waals surface area contributed by atoms with Crippen molar-refractivity contribution in [1.82, 2.24) is 4.90 Å². The van der Waals surface area contributed by atoms with Crippen molar-refractivity contribution in [2.24, 2.45) is 0 Å². The van der Waals surface area contributed by atoms with Crippen LogP contribution in [0.25, 0.3) is 10.8 Å². The molecule has 2 amide bonds. The summed E-state index contributed by atoms with van der Waals surface area (Å²) in [5.74, 6) is -1.21. The van der Waals surface area contributed by atoms with Gasteiger partial charge in [0.2, 0.25) is 0 Å². The number of benzene rings is 2. The Bertz CT molecular complexity index is 820. The second-order valence-electron chi connectivity index (χ2n) is 6.61. The molecule has 5 heteroatoms. The fourth-order valence-electron chi connectivity index (χ4n) is 3.81. The number of nitrogens with zero attached hydrogens (tertiary/aromatic N) is 1. The zero-order valence-corrected chi connectivity index (χ0v) is 13.4. The minimum absolute atomic E-state index is 0.232. The molecule has 1 saturated heterocycles. The lowest BCUT2D eigenvalue weighted by molar-refractivity contribution is -0.145. The van der Waals surface area contributed by atoms with Gasteiger partial charge in [0.15, 0.2) is 0 Å². The van der Waals surface area contributed by atoms with Gasteiger partial charge in [-0.15, -0.1) is 0 Å². The van der Waals surface area contributed by atoms with E-state index in [9.17, 15) is 14.7 Å². The van der Waals surface area contributed by atoms with E-state index in [2.05, 4.69) is 11.4 Å². The third-order valence-electron chi connectivity index (χ3n) is 5.00. The van der Waals surface area contributed by atoms with Crippen molar-refractivity contribution < 1.29 is 14.7 Å². The number of carbonyl (C=O) groups excluding carboxylic acids is 2. The molecule has 0 bridgehead atoms. The summed E-state index contributed by atoms with van der Waals surface area (Å²) >= 11 is 0. The van der Waals surface area contributed by atoms with Crippen LogP contribution in [0.3, 0.4) is 0 Å². The Morgan fingerprint density at radius 3 is 2.71 bits per heavy atom. The Balaban J connectivity index is 1.58. The van der Waals surface area contributed by atoms with Crippen LogP contribution in [-0.4, -0.2) is 41.0 Å². The number of hydrogen-bond donors (Lipinski definition) is 2. The largest absolute Gasteiger partial charge is 0.391 e. The second-order valence-corrected chi connectivity index (χ2v) is 6.61. The Labute approximate surface area is 140 Å². The minimum atomic E-state index is -0.636. The highest BCUT2D eigenvalue weighted by atomic mass is 16.3. The molecule has 2 aliphatic rings. The summed E-state index contributed by atoms with van der Waals surface area (Å²) in [5, 5.41) is 14.6. The van der Waals surface area contributed by atoms with E-state index in [0.717, 1.165) is 24.6 Å². The molecule has 1 fully saturated rings. The van der Waals surface area contributed by atoms with Gasteiger partial charge in [-0.3, -0.25) is 9.59 Å². The van der Waals surface area contributed by atoms with Crippen molar-refractivity contribution in [2.75, 3.05) is 18.4 Å². The molecule has 5 nitrogen and oxygen atoms in total. The molecule has 0 spiro atoms. The molecule has 2 aromatic carbocycles. The summed E-state index contributed by atoms with van der Waals surface area (Å²) in [4.78, 5) is 26.1. The van der Waals surface area contributed by atoms with Crippen LogP contribution in [0.5, 0.6) is 0 Å². The monoisotopic (exact) mass is 324 g/mol. The molecule has 4 rings (SSSR count). The summed E-state index contributed by atoms with van der Waals surface area (Å²) in [7, 11) is 0. The molecule has 124 valence electrons. The van der Waals surface area contributed by atoms with Crippen molar-refractivity contribution in [3.8, 4) is 0 Å². The zero-order chi connectivity index (χ0) is 16.7. The maximum Gasteiger partial charge on any atom is 0.313 e. The van der Waals surface area contributed by atoms with Crippen molar-refractivity contribution in [1.29, 1.82) is 0 Å². The van der Waals surface area contributed by atoms with Crippen LogP contribution in [0.1, 0.15) is 24.0 Å². The summed E-state index contributed by atoms with van der Waals surface area (Å²) < 4.78 is 0. The Hall–Kier alpha value is -2.40. The number of hydrogen-bond acceptors (Lipinski definition) is 3. The third-order valence-corrected chi connectivity index (χ3v) is 5.00. The molecular formula is C19H20N2O3. The van der Waals surface area contributed by atoms with Crippen molar-refractivity contribution in [3.63, 3.8) is 0 Å². The summed E-state index contributed by atoms with van der Waals surface area (Å²) in [5.41, 5.74) is 3.27. The number of aryl methyl sites for hydroxylation is 2. The minimum Gasteiger partial charge on any atom is -0.391 e. The number of nitrogens with one attached hydrogen (secondary N) is 1. The highest BCUT2D eigenvalue weighted by Crippen LogP contribution is 2.35. The van der Waals surface area contributed by atoms with Crippen molar-refractivity contribution >= 4 is 28.3 Å². The average molecular weight is 324 g/mol.